The number of nitrogens with zero attached hydrogens (tertiary/aromatic N) is 1. The molecule has 3 aromatic carbocycles. The number of fused-ring (bicyclic) bond motifs is 4. The van der Waals surface area contributed by atoms with Crippen LogP contribution in [0.5, 0.6) is 5.75 Å². The Balaban J connectivity index is 1.60. The summed E-state index contributed by atoms with van der Waals surface area (Å²) in [6.07, 6.45) is 1.61. The molecule has 2 atom stereocenters. The van der Waals surface area contributed by atoms with Crippen LogP contribution in [0.1, 0.15) is 73.0 Å². The summed E-state index contributed by atoms with van der Waals surface area (Å²) in [6.45, 7) is 8.17. The van der Waals surface area contributed by atoms with Crippen molar-refractivity contribution in [3.63, 3.8) is 0 Å². The van der Waals surface area contributed by atoms with Crippen molar-refractivity contribution in [2.24, 2.45) is 0 Å². The quantitative estimate of drug-likeness (QED) is 0.246. The van der Waals surface area contributed by atoms with E-state index in [2.05, 4.69) is 48.0 Å². The fourth-order valence-electron chi connectivity index (χ4n) is 5.35. The van der Waals surface area contributed by atoms with Gasteiger partial charge in [-0.1, -0.05) is 57.2 Å². The summed E-state index contributed by atoms with van der Waals surface area (Å²) in [5, 5.41) is 21.2. The molecule has 0 aromatic heterocycles. The van der Waals surface area contributed by atoms with E-state index in [9.17, 15) is 18.3 Å². The highest BCUT2D eigenvalue weighted by Crippen LogP contribution is 2.25. The van der Waals surface area contributed by atoms with Crippen LogP contribution in [-0.2, 0) is 23.0 Å². The third kappa shape index (κ3) is 9.94. The second kappa shape index (κ2) is 16.1. The molecule has 45 heavy (non-hydrogen) atoms. The number of hydrogen-bond donors (Lipinski definition) is 4. The predicted octanol–water partition coefficient (Wildman–Crippen LogP) is 5.06. The minimum atomic E-state index is -3.55. The second-order valence-corrected chi connectivity index (χ2v) is 14.2. The number of hydrogen-bond acceptors (Lipinski definition) is 7. The minimum absolute atomic E-state index is 0.00474. The van der Waals surface area contributed by atoms with E-state index in [4.69, 9.17) is 4.74 Å². The van der Waals surface area contributed by atoms with Crippen LogP contribution in [0.25, 0.3) is 0 Å². The molecule has 0 fully saturated rings. The number of anilines is 2. The SMILES string of the molecule is CCCS(=O)(=O)N(C)c1cc2cc(c1)C(=O)N[C@H]([C@H](O)CNCc1cccc(C(C)C)c1)Cc1cccc(c1)OCCCCN2. The number of aliphatic hydroxyl groups excluding tert-OH is 1. The van der Waals surface area contributed by atoms with E-state index in [0.717, 1.165) is 29.7 Å². The fraction of sp³-hybridized carbons (Fsp3) is 0.457. The van der Waals surface area contributed by atoms with Crippen molar-refractivity contribution in [3.8, 4) is 5.75 Å². The molecule has 9 nitrogen and oxygen atoms in total. The number of carbonyl (C=O) groups excluding carboxylic acids is 1. The van der Waals surface area contributed by atoms with E-state index in [1.807, 2.05) is 37.3 Å². The molecule has 1 amide bonds. The van der Waals surface area contributed by atoms with Gasteiger partial charge >= 0.3 is 0 Å². The highest BCUT2D eigenvalue weighted by Gasteiger charge is 2.25. The minimum Gasteiger partial charge on any atom is -0.494 e. The van der Waals surface area contributed by atoms with Crippen LogP contribution in [0.15, 0.2) is 66.7 Å². The predicted molar refractivity (Wildman–Crippen MR) is 182 cm³/mol. The monoisotopic (exact) mass is 636 g/mol. The Labute approximate surface area is 268 Å². The molecule has 0 spiro atoms. The van der Waals surface area contributed by atoms with Gasteiger partial charge in [0.05, 0.1) is 30.2 Å². The van der Waals surface area contributed by atoms with Crippen molar-refractivity contribution < 1.29 is 23.1 Å². The lowest BCUT2D eigenvalue weighted by atomic mass is 9.99. The average molecular weight is 637 g/mol. The second-order valence-electron chi connectivity index (χ2n) is 12.1. The van der Waals surface area contributed by atoms with Gasteiger partial charge in [-0.05, 0) is 78.6 Å². The Kier molecular flexibility index (Phi) is 12.3. The van der Waals surface area contributed by atoms with E-state index in [1.165, 1.54) is 16.9 Å². The zero-order valence-corrected chi connectivity index (χ0v) is 27.7. The first-order valence-electron chi connectivity index (χ1n) is 15.9. The van der Waals surface area contributed by atoms with Crippen LogP contribution in [-0.4, -0.2) is 64.1 Å². The van der Waals surface area contributed by atoms with E-state index in [0.29, 0.717) is 55.4 Å². The van der Waals surface area contributed by atoms with Crippen LogP contribution in [0.2, 0.25) is 0 Å². The lowest BCUT2D eigenvalue weighted by Gasteiger charge is -2.26. The van der Waals surface area contributed by atoms with Crippen LogP contribution < -0.4 is 25.0 Å². The number of benzene rings is 3. The molecule has 0 radical (unpaired) electrons. The Morgan fingerprint density at radius 1 is 1.07 bits per heavy atom. The van der Waals surface area contributed by atoms with E-state index < -0.39 is 28.1 Å². The molecule has 1 aliphatic heterocycles. The molecular weight excluding hydrogens is 588 g/mol. The Bertz CT molecular complexity index is 1530. The van der Waals surface area contributed by atoms with Crippen molar-refractivity contribution >= 4 is 27.3 Å². The van der Waals surface area contributed by atoms with Crippen molar-refractivity contribution in [2.75, 3.05) is 42.1 Å². The molecule has 4 bridgehead atoms. The Morgan fingerprint density at radius 2 is 1.87 bits per heavy atom. The van der Waals surface area contributed by atoms with Gasteiger partial charge in [0.2, 0.25) is 10.0 Å². The van der Waals surface area contributed by atoms with Gasteiger partial charge in [-0.2, -0.15) is 0 Å². The van der Waals surface area contributed by atoms with Gasteiger partial charge < -0.3 is 25.8 Å². The number of amides is 1. The molecule has 0 saturated carbocycles. The molecule has 0 saturated heterocycles. The topological polar surface area (TPSA) is 120 Å². The van der Waals surface area contributed by atoms with Crippen molar-refractivity contribution in [1.29, 1.82) is 0 Å². The smallest absolute Gasteiger partial charge is 0.251 e. The van der Waals surface area contributed by atoms with Gasteiger partial charge in [0.25, 0.3) is 5.91 Å². The molecule has 244 valence electrons. The summed E-state index contributed by atoms with van der Waals surface area (Å²) in [5.41, 5.74) is 4.67. The third-order valence-electron chi connectivity index (χ3n) is 8.03. The molecule has 1 heterocycles. The fourth-order valence-corrected chi connectivity index (χ4v) is 6.57. The molecule has 0 unspecified atom stereocenters. The Morgan fingerprint density at radius 3 is 2.64 bits per heavy atom. The van der Waals surface area contributed by atoms with Crippen LogP contribution in [0, 0.1) is 0 Å². The van der Waals surface area contributed by atoms with Crippen LogP contribution in [0.3, 0.4) is 0 Å². The highest BCUT2D eigenvalue weighted by atomic mass is 32.2. The summed E-state index contributed by atoms with van der Waals surface area (Å²) in [5.74, 6) is 0.783. The third-order valence-corrected chi connectivity index (χ3v) is 10.00. The summed E-state index contributed by atoms with van der Waals surface area (Å²) < 4.78 is 33.0. The molecular formula is C35H48N4O5S. The lowest BCUT2D eigenvalue weighted by Crippen LogP contribution is -2.48. The first kappa shape index (κ1) is 34.3. The number of sulfonamides is 1. The molecule has 4 rings (SSSR count). The lowest BCUT2D eigenvalue weighted by molar-refractivity contribution is 0.0830. The van der Waals surface area contributed by atoms with E-state index in [1.54, 1.807) is 18.2 Å². The normalized spacial score (nSPS) is 16.8. The molecule has 3 aromatic rings. The van der Waals surface area contributed by atoms with Crippen molar-refractivity contribution in [3.05, 3.63) is 89.0 Å². The summed E-state index contributed by atoms with van der Waals surface area (Å²) in [7, 11) is -2.04. The molecule has 1 aliphatic rings. The maximum absolute atomic E-state index is 13.8. The van der Waals surface area contributed by atoms with E-state index in [-0.39, 0.29) is 12.3 Å². The molecule has 10 heteroatoms. The van der Waals surface area contributed by atoms with Gasteiger partial charge in [0.1, 0.15) is 5.75 Å². The van der Waals surface area contributed by atoms with Gasteiger partial charge in [-0.15, -0.1) is 0 Å². The van der Waals surface area contributed by atoms with Crippen molar-refractivity contribution in [1.82, 2.24) is 10.6 Å². The largest absolute Gasteiger partial charge is 0.494 e. The summed E-state index contributed by atoms with van der Waals surface area (Å²) in [6, 6.07) is 20.6. The summed E-state index contributed by atoms with van der Waals surface area (Å²) in [4.78, 5) is 13.8. The average Bonchev–Trinajstić information content (AvgIpc) is 3.01. The van der Waals surface area contributed by atoms with Crippen LogP contribution in [0.4, 0.5) is 11.4 Å². The van der Waals surface area contributed by atoms with Gasteiger partial charge in [0.15, 0.2) is 0 Å². The highest BCUT2D eigenvalue weighted by molar-refractivity contribution is 7.92. The molecule has 4 N–H and O–H groups in total. The first-order valence-corrected chi connectivity index (χ1v) is 17.5. The Hall–Kier alpha value is -3.60. The number of rotatable bonds is 10. The van der Waals surface area contributed by atoms with Gasteiger partial charge in [0, 0.05) is 37.9 Å². The van der Waals surface area contributed by atoms with Gasteiger partial charge in [-0.3, -0.25) is 9.10 Å². The maximum atomic E-state index is 13.8. The summed E-state index contributed by atoms with van der Waals surface area (Å²) >= 11 is 0. The van der Waals surface area contributed by atoms with E-state index >= 15 is 0 Å². The maximum Gasteiger partial charge on any atom is 0.251 e. The zero-order chi connectivity index (χ0) is 32.4. The zero-order valence-electron chi connectivity index (χ0n) is 26.9. The van der Waals surface area contributed by atoms with Crippen LogP contribution >= 0.6 is 0 Å². The standard InChI is InChI=1S/C35H48N4O5S/c1-5-16-45(42,43)39(4)31-21-29-20-30(22-31)37-14-6-7-15-44-32-13-9-10-26(18-32)19-33(38-35(29)41)34(40)24-36-23-27-11-8-12-28(17-27)25(2)3/h8-13,17-18,20-22,25,33-34,36-37,40H,5-7,14-16,19,23-24H2,1-4H3,(H,38,41)/t33-,34+/m0/s1. The number of aliphatic hydroxyl groups is 1. The first-order chi connectivity index (χ1) is 21.6. The van der Waals surface area contributed by atoms with Crippen molar-refractivity contribution in [2.45, 2.75) is 71.1 Å². The number of carbonyl (C=O) groups is 1. The number of ether oxygens (including phenoxy) is 1. The van der Waals surface area contributed by atoms with Gasteiger partial charge in [-0.25, -0.2) is 8.42 Å². The molecule has 0 aliphatic carbocycles. The number of nitrogens with one attached hydrogen (secondary N) is 3.